The summed E-state index contributed by atoms with van der Waals surface area (Å²) in [6.07, 6.45) is 4.64. The first-order valence-corrected chi connectivity index (χ1v) is 11.2. The van der Waals surface area contributed by atoms with Gasteiger partial charge in [-0.2, -0.15) is 5.10 Å². The summed E-state index contributed by atoms with van der Waals surface area (Å²) in [4.78, 5) is 16.5. The average molecular weight is 457 g/mol. The number of benzene rings is 2. The Balaban J connectivity index is 1.90. The van der Waals surface area contributed by atoms with Crippen LogP contribution in [0.2, 0.25) is 5.02 Å². The second-order valence-corrected chi connectivity index (χ2v) is 9.13. The molecule has 1 aromatic heterocycles. The molecule has 0 aliphatic heterocycles. The molecule has 160 valence electrons. The van der Waals surface area contributed by atoms with Gasteiger partial charge in [-0.05, 0) is 61.4 Å². The van der Waals surface area contributed by atoms with E-state index in [9.17, 15) is 13.2 Å². The first-order valence-electron chi connectivity index (χ1n) is 9.35. The van der Waals surface area contributed by atoms with Crippen LogP contribution in [0.25, 0.3) is 0 Å². The maximum atomic E-state index is 13.4. The van der Waals surface area contributed by atoms with E-state index in [-0.39, 0.29) is 4.90 Å². The molecule has 0 saturated heterocycles. The number of aryl methyl sites for hydroxylation is 2. The lowest BCUT2D eigenvalue weighted by Gasteiger charge is -2.25. The van der Waals surface area contributed by atoms with E-state index >= 15 is 0 Å². The van der Waals surface area contributed by atoms with Gasteiger partial charge in [0.15, 0.2) is 0 Å². The third-order valence-electron chi connectivity index (χ3n) is 4.45. The Labute approximate surface area is 186 Å². The number of sulfonamides is 1. The van der Waals surface area contributed by atoms with Crippen LogP contribution in [0.3, 0.4) is 0 Å². The van der Waals surface area contributed by atoms with Gasteiger partial charge in [-0.3, -0.25) is 14.1 Å². The molecule has 0 aliphatic carbocycles. The summed E-state index contributed by atoms with van der Waals surface area (Å²) in [6.45, 7) is 3.15. The first-order chi connectivity index (χ1) is 14.8. The zero-order valence-corrected chi connectivity index (χ0v) is 18.6. The van der Waals surface area contributed by atoms with Crippen molar-refractivity contribution in [1.29, 1.82) is 0 Å². The van der Waals surface area contributed by atoms with Gasteiger partial charge >= 0.3 is 0 Å². The maximum absolute atomic E-state index is 13.4. The van der Waals surface area contributed by atoms with Crippen LogP contribution in [0, 0.1) is 13.8 Å². The fourth-order valence-corrected chi connectivity index (χ4v) is 4.43. The second-order valence-electron chi connectivity index (χ2n) is 6.83. The van der Waals surface area contributed by atoms with Crippen molar-refractivity contribution in [3.05, 3.63) is 88.7 Å². The van der Waals surface area contributed by atoms with Crippen LogP contribution in [0.15, 0.2) is 77.0 Å². The van der Waals surface area contributed by atoms with Gasteiger partial charge in [0.2, 0.25) is 0 Å². The minimum absolute atomic E-state index is 0.0746. The second kappa shape index (κ2) is 9.72. The summed E-state index contributed by atoms with van der Waals surface area (Å²) in [6, 6.07) is 14.8. The Kier molecular flexibility index (Phi) is 7.04. The molecule has 3 aromatic rings. The molecule has 0 unspecified atom stereocenters. The van der Waals surface area contributed by atoms with Gasteiger partial charge in [-0.25, -0.2) is 13.8 Å². The average Bonchev–Trinajstić information content (AvgIpc) is 2.75. The molecule has 0 fully saturated rings. The van der Waals surface area contributed by atoms with Crippen molar-refractivity contribution in [1.82, 2.24) is 10.4 Å². The molecule has 9 heteroatoms. The summed E-state index contributed by atoms with van der Waals surface area (Å²) < 4.78 is 27.8. The number of hydrogen-bond donors (Lipinski definition) is 1. The highest BCUT2D eigenvalue weighted by Crippen LogP contribution is 2.29. The lowest BCUT2D eigenvalue weighted by Crippen LogP contribution is -2.40. The fraction of sp³-hybridized carbons (Fsp3) is 0.136. The van der Waals surface area contributed by atoms with Crippen molar-refractivity contribution in [2.75, 3.05) is 10.8 Å². The SMILES string of the molecule is Cc1ccc(S(=O)(=O)N(CC(=O)N/N=C\c2ccncc2)c2cc(Cl)ccc2C)cc1. The quantitative estimate of drug-likeness (QED) is 0.433. The van der Waals surface area contributed by atoms with Gasteiger partial charge < -0.3 is 0 Å². The van der Waals surface area contributed by atoms with E-state index in [4.69, 9.17) is 11.6 Å². The maximum Gasteiger partial charge on any atom is 0.264 e. The monoisotopic (exact) mass is 456 g/mol. The molecular weight excluding hydrogens is 436 g/mol. The molecule has 1 heterocycles. The first kappa shape index (κ1) is 22.5. The molecule has 2 aromatic carbocycles. The Hall–Kier alpha value is -3.23. The van der Waals surface area contributed by atoms with Crippen LogP contribution < -0.4 is 9.73 Å². The van der Waals surface area contributed by atoms with E-state index in [1.54, 1.807) is 55.7 Å². The number of nitrogens with zero attached hydrogens (tertiary/aromatic N) is 3. The van der Waals surface area contributed by atoms with Gasteiger partial charge in [-0.1, -0.05) is 35.4 Å². The van der Waals surface area contributed by atoms with Crippen LogP contribution >= 0.6 is 11.6 Å². The molecule has 0 saturated carbocycles. The van der Waals surface area contributed by atoms with Gasteiger partial charge in [0.05, 0.1) is 16.8 Å². The number of rotatable bonds is 7. The molecule has 0 radical (unpaired) electrons. The molecular formula is C22H21ClN4O3S. The molecule has 1 amide bonds. The predicted molar refractivity (Wildman–Crippen MR) is 122 cm³/mol. The van der Waals surface area contributed by atoms with E-state index in [0.29, 0.717) is 16.3 Å². The zero-order chi connectivity index (χ0) is 22.4. The number of nitrogens with one attached hydrogen (secondary N) is 1. The highest BCUT2D eigenvalue weighted by molar-refractivity contribution is 7.92. The molecule has 0 aliphatic rings. The fourth-order valence-electron chi connectivity index (χ4n) is 2.78. The Morgan fingerprint density at radius 3 is 2.45 bits per heavy atom. The van der Waals surface area contributed by atoms with Gasteiger partial charge in [0, 0.05) is 17.4 Å². The van der Waals surface area contributed by atoms with Crippen LogP contribution in [0.1, 0.15) is 16.7 Å². The number of pyridine rings is 1. The van der Waals surface area contributed by atoms with Gasteiger partial charge in [-0.15, -0.1) is 0 Å². The molecule has 7 nitrogen and oxygen atoms in total. The van der Waals surface area contributed by atoms with Crippen molar-refractivity contribution in [2.45, 2.75) is 18.7 Å². The van der Waals surface area contributed by atoms with Crippen molar-refractivity contribution in [3.63, 3.8) is 0 Å². The minimum Gasteiger partial charge on any atom is -0.271 e. The van der Waals surface area contributed by atoms with E-state index in [1.807, 2.05) is 6.92 Å². The number of amides is 1. The normalized spacial score (nSPS) is 11.5. The van der Waals surface area contributed by atoms with Crippen LogP contribution in [0.5, 0.6) is 0 Å². The third kappa shape index (κ3) is 5.68. The largest absolute Gasteiger partial charge is 0.271 e. The molecule has 1 N–H and O–H groups in total. The number of carbonyl (C=O) groups is 1. The molecule has 3 rings (SSSR count). The summed E-state index contributed by atoms with van der Waals surface area (Å²) in [5, 5.41) is 4.26. The number of halogens is 1. The van der Waals surface area contributed by atoms with Crippen molar-refractivity contribution in [2.24, 2.45) is 5.10 Å². The predicted octanol–water partition coefficient (Wildman–Crippen LogP) is 3.70. The van der Waals surface area contributed by atoms with E-state index in [2.05, 4.69) is 15.5 Å². The van der Waals surface area contributed by atoms with Crippen LogP contribution in [-0.4, -0.2) is 32.1 Å². The topological polar surface area (TPSA) is 91.7 Å². The third-order valence-corrected chi connectivity index (χ3v) is 6.45. The zero-order valence-electron chi connectivity index (χ0n) is 17.0. The smallest absolute Gasteiger partial charge is 0.264 e. The summed E-state index contributed by atoms with van der Waals surface area (Å²) >= 11 is 6.12. The molecule has 0 bridgehead atoms. The number of aromatic nitrogens is 1. The number of anilines is 1. The minimum atomic E-state index is -4.03. The Morgan fingerprint density at radius 2 is 1.77 bits per heavy atom. The van der Waals surface area contributed by atoms with Crippen LogP contribution in [0.4, 0.5) is 5.69 Å². The highest BCUT2D eigenvalue weighted by atomic mass is 35.5. The summed E-state index contributed by atoms with van der Waals surface area (Å²) in [5.41, 5.74) is 5.01. The Bertz CT molecular complexity index is 1200. The number of hydrazone groups is 1. The lowest BCUT2D eigenvalue weighted by atomic mass is 10.2. The van der Waals surface area contributed by atoms with Gasteiger partial charge in [0.1, 0.15) is 6.54 Å². The molecule has 31 heavy (non-hydrogen) atoms. The molecule has 0 atom stereocenters. The summed E-state index contributed by atoms with van der Waals surface area (Å²) in [7, 11) is -4.03. The molecule has 0 spiro atoms. The highest BCUT2D eigenvalue weighted by Gasteiger charge is 2.28. The Morgan fingerprint density at radius 1 is 1.10 bits per heavy atom. The van der Waals surface area contributed by atoms with Crippen LogP contribution in [-0.2, 0) is 14.8 Å². The van der Waals surface area contributed by atoms with Crippen molar-refractivity contribution in [3.8, 4) is 0 Å². The van der Waals surface area contributed by atoms with Crippen molar-refractivity contribution >= 4 is 39.4 Å². The van der Waals surface area contributed by atoms with E-state index < -0.39 is 22.5 Å². The van der Waals surface area contributed by atoms with E-state index in [0.717, 1.165) is 15.4 Å². The van der Waals surface area contributed by atoms with Gasteiger partial charge in [0.25, 0.3) is 15.9 Å². The summed E-state index contributed by atoms with van der Waals surface area (Å²) in [5.74, 6) is -0.597. The van der Waals surface area contributed by atoms with Crippen molar-refractivity contribution < 1.29 is 13.2 Å². The lowest BCUT2D eigenvalue weighted by molar-refractivity contribution is -0.119. The standard InChI is InChI=1S/C22H21ClN4O3S/c1-16-3-7-20(8-4-16)31(29,30)27(21-13-19(23)6-5-17(21)2)15-22(28)26-25-14-18-9-11-24-12-10-18/h3-14H,15H2,1-2H3,(H,26,28)/b25-14-. The number of carbonyl (C=O) groups excluding carboxylic acids is 1. The number of hydrogen-bond acceptors (Lipinski definition) is 5. The van der Waals surface area contributed by atoms with E-state index in [1.165, 1.54) is 24.4 Å².